The van der Waals surface area contributed by atoms with Crippen LogP contribution in [0, 0.1) is 5.82 Å². The molecule has 5 rings (SSSR count). The minimum absolute atomic E-state index is 0.0103. The van der Waals surface area contributed by atoms with Crippen LogP contribution >= 0.6 is 0 Å². The Morgan fingerprint density at radius 2 is 2.00 bits per heavy atom. The van der Waals surface area contributed by atoms with Crippen molar-refractivity contribution in [2.45, 2.75) is 25.3 Å². The standard InChI is InChI=1S/C26H26FN7O2/c1-33(2)13-15-8-21(25(35)28-12-15)26(36)31-23-10-17(9-22(30-23)16-4-5-16)19-7-6-18(27)11-20(19)24-32-29-14-34(24)3/h6-12,14,16H,4-5,13H2,1-3H3,(H,28,35)(H,30,31,36). The molecule has 3 aromatic heterocycles. The third kappa shape index (κ3) is 4.94. The molecule has 36 heavy (non-hydrogen) atoms. The van der Waals surface area contributed by atoms with Gasteiger partial charge < -0.3 is 19.8 Å². The largest absolute Gasteiger partial charge is 0.328 e. The molecule has 0 radical (unpaired) electrons. The molecule has 184 valence electrons. The first-order chi connectivity index (χ1) is 17.3. The smallest absolute Gasteiger partial charge is 0.262 e. The van der Waals surface area contributed by atoms with Crippen molar-refractivity contribution < 1.29 is 9.18 Å². The lowest BCUT2D eigenvalue weighted by atomic mass is 9.98. The first kappa shape index (κ1) is 23.6. The van der Waals surface area contributed by atoms with Crippen LogP contribution in [0.25, 0.3) is 22.5 Å². The lowest BCUT2D eigenvalue weighted by molar-refractivity contribution is 0.102. The molecule has 10 heteroatoms. The van der Waals surface area contributed by atoms with Gasteiger partial charge in [0.25, 0.3) is 11.5 Å². The van der Waals surface area contributed by atoms with Gasteiger partial charge in [0.1, 0.15) is 23.5 Å². The van der Waals surface area contributed by atoms with Crippen LogP contribution in [0.2, 0.25) is 0 Å². The van der Waals surface area contributed by atoms with Crippen LogP contribution in [0.3, 0.4) is 0 Å². The van der Waals surface area contributed by atoms with Crippen molar-refractivity contribution in [3.8, 4) is 22.5 Å². The monoisotopic (exact) mass is 487 g/mol. The van der Waals surface area contributed by atoms with Gasteiger partial charge in [-0.1, -0.05) is 6.07 Å². The minimum Gasteiger partial charge on any atom is -0.328 e. The van der Waals surface area contributed by atoms with Gasteiger partial charge in [-0.3, -0.25) is 9.59 Å². The molecule has 0 unspecified atom stereocenters. The van der Waals surface area contributed by atoms with Crippen LogP contribution in [0.5, 0.6) is 0 Å². The number of aromatic nitrogens is 5. The molecule has 0 aliphatic heterocycles. The van der Waals surface area contributed by atoms with E-state index < -0.39 is 17.3 Å². The zero-order valence-corrected chi connectivity index (χ0v) is 20.2. The van der Waals surface area contributed by atoms with Gasteiger partial charge in [-0.05, 0) is 74.0 Å². The maximum Gasteiger partial charge on any atom is 0.262 e. The molecule has 1 aromatic carbocycles. The Morgan fingerprint density at radius 1 is 1.19 bits per heavy atom. The lowest BCUT2D eigenvalue weighted by Crippen LogP contribution is -2.24. The average molecular weight is 488 g/mol. The first-order valence-corrected chi connectivity index (χ1v) is 11.6. The molecule has 0 atom stereocenters. The highest BCUT2D eigenvalue weighted by molar-refractivity contribution is 6.04. The van der Waals surface area contributed by atoms with E-state index in [-0.39, 0.29) is 5.56 Å². The van der Waals surface area contributed by atoms with Crippen LogP contribution in [0.4, 0.5) is 10.2 Å². The van der Waals surface area contributed by atoms with Crippen LogP contribution in [-0.2, 0) is 13.6 Å². The SMILES string of the molecule is CN(C)Cc1c[nH]c(=O)c(C(=O)Nc2cc(-c3ccc(F)cc3-c3nncn3C)cc(C3CC3)n2)c1. The number of hydrogen-bond donors (Lipinski definition) is 2. The predicted octanol–water partition coefficient (Wildman–Crippen LogP) is 3.56. The summed E-state index contributed by atoms with van der Waals surface area (Å²) in [6.07, 6.45) is 5.18. The van der Waals surface area contributed by atoms with E-state index in [0.29, 0.717) is 29.7 Å². The number of carbonyl (C=O) groups is 1. The number of pyridine rings is 2. The molecule has 3 heterocycles. The summed E-state index contributed by atoms with van der Waals surface area (Å²) in [5, 5.41) is 10.9. The molecule has 9 nitrogen and oxygen atoms in total. The number of hydrogen-bond acceptors (Lipinski definition) is 6. The summed E-state index contributed by atoms with van der Waals surface area (Å²) in [4.78, 5) is 34.7. The van der Waals surface area contributed by atoms with Crippen molar-refractivity contribution in [2.24, 2.45) is 7.05 Å². The summed E-state index contributed by atoms with van der Waals surface area (Å²) < 4.78 is 15.9. The molecule has 1 fully saturated rings. The van der Waals surface area contributed by atoms with Gasteiger partial charge in [0, 0.05) is 37.0 Å². The molecular weight excluding hydrogens is 461 g/mol. The number of aromatic amines is 1. The first-order valence-electron chi connectivity index (χ1n) is 11.6. The second-order valence-corrected chi connectivity index (χ2v) is 9.34. The van der Waals surface area contributed by atoms with Crippen molar-refractivity contribution in [3.63, 3.8) is 0 Å². The second-order valence-electron chi connectivity index (χ2n) is 9.34. The van der Waals surface area contributed by atoms with E-state index in [4.69, 9.17) is 0 Å². The summed E-state index contributed by atoms with van der Waals surface area (Å²) >= 11 is 0. The third-order valence-electron chi connectivity index (χ3n) is 6.03. The zero-order valence-electron chi connectivity index (χ0n) is 20.2. The number of nitrogens with one attached hydrogen (secondary N) is 2. The van der Waals surface area contributed by atoms with Gasteiger partial charge in [-0.25, -0.2) is 9.37 Å². The summed E-state index contributed by atoms with van der Waals surface area (Å²) in [6, 6.07) is 9.78. The van der Waals surface area contributed by atoms with E-state index in [0.717, 1.165) is 35.2 Å². The molecule has 0 spiro atoms. The van der Waals surface area contributed by atoms with Crippen molar-refractivity contribution >= 4 is 11.7 Å². The molecule has 4 aromatic rings. The van der Waals surface area contributed by atoms with E-state index in [2.05, 4.69) is 25.5 Å². The molecule has 1 aliphatic rings. The fraction of sp³-hybridized carbons (Fsp3) is 0.269. The zero-order chi connectivity index (χ0) is 25.4. The van der Waals surface area contributed by atoms with Gasteiger partial charge in [0.05, 0.1) is 0 Å². The second kappa shape index (κ2) is 9.46. The Labute approximate surface area is 207 Å². The molecule has 2 N–H and O–H groups in total. The van der Waals surface area contributed by atoms with Gasteiger partial charge in [0.15, 0.2) is 5.82 Å². The normalized spacial score (nSPS) is 13.2. The molecule has 0 bridgehead atoms. The molecule has 1 amide bonds. The van der Waals surface area contributed by atoms with Crippen molar-refractivity contribution in [1.82, 2.24) is 29.6 Å². The summed E-state index contributed by atoms with van der Waals surface area (Å²) in [6.45, 7) is 0.575. The highest BCUT2D eigenvalue weighted by atomic mass is 19.1. The maximum atomic E-state index is 14.2. The lowest BCUT2D eigenvalue weighted by Gasteiger charge is -2.14. The van der Waals surface area contributed by atoms with Gasteiger partial charge >= 0.3 is 0 Å². The summed E-state index contributed by atoms with van der Waals surface area (Å²) in [5.74, 6) is 0.203. The summed E-state index contributed by atoms with van der Waals surface area (Å²) in [7, 11) is 5.61. The van der Waals surface area contributed by atoms with E-state index >= 15 is 0 Å². The molecule has 1 saturated carbocycles. The van der Waals surface area contributed by atoms with Gasteiger partial charge in [-0.15, -0.1) is 10.2 Å². The number of halogens is 1. The van der Waals surface area contributed by atoms with E-state index in [1.165, 1.54) is 12.1 Å². The number of aryl methyl sites for hydroxylation is 1. The number of carbonyl (C=O) groups excluding carboxylic acids is 1. The number of rotatable bonds is 7. The Balaban J connectivity index is 1.54. The van der Waals surface area contributed by atoms with Gasteiger partial charge in [0.2, 0.25) is 0 Å². The van der Waals surface area contributed by atoms with Crippen LogP contribution in [0.15, 0.2) is 53.7 Å². The number of anilines is 1. The van der Waals surface area contributed by atoms with E-state index in [9.17, 15) is 14.0 Å². The van der Waals surface area contributed by atoms with Crippen molar-refractivity contribution in [1.29, 1.82) is 0 Å². The van der Waals surface area contributed by atoms with E-state index in [1.54, 1.807) is 42.3 Å². The Kier molecular flexibility index (Phi) is 6.19. The predicted molar refractivity (Wildman–Crippen MR) is 134 cm³/mol. The molecule has 1 aliphatic carbocycles. The number of H-pyrrole nitrogens is 1. The highest BCUT2D eigenvalue weighted by Crippen LogP contribution is 2.42. The van der Waals surface area contributed by atoms with Gasteiger partial charge in [-0.2, -0.15) is 0 Å². The number of amides is 1. The minimum atomic E-state index is -0.545. The Bertz CT molecular complexity index is 1500. The van der Waals surface area contributed by atoms with Crippen LogP contribution < -0.4 is 10.9 Å². The Hall–Kier alpha value is -4.18. The van der Waals surface area contributed by atoms with Crippen molar-refractivity contribution in [3.05, 3.63) is 81.9 Å². The Morgan fingerprint density at radius 3 is 2.69 bits per heavy atom. The fourth-order valence-corrected chi connectivity index (χ4v) is 4.18. The fourth-order valence-electron chi connectivity index (χ4n) is 4.18. The topological polar surface area (TPSA) is 109 Å². The molecular formula is C26H26FN7O2. The summed E-state index contributed by atoms with van der Waals surface area (Å²) in [5.41, 5.74) is 3.26. The van der Waals surface area contributed by atoms with Crippen LogP contribution in [0.1, 0.15) is 40.4 Å². The highest BCUT2D eigenvalue weighted by Gasteiger charge is 2.27. The van der Waals surface area contributed by atoms with Crippen LogP contribution in [-0.4, -0.2) is 49.6 Å². The average Bonchev–Trinajstić information content (AvgIpc) is 3.60. The van der Waals surface area contributed by atoms with Crippen molar-refractivity contribution in [2.75, 3.05) is 19.4 Å². The number of nitrogens with zero attached hydrogens (tertiary/aromatic N) is 5. The number of benzene rings is 1. The molecule has 0 saturated heterocycles. The van der Waals surface area contributed by atoms with E-state index in [1.807, 2.05) is 25.1 Å². The maximum absolute atomic E-state index is 14.2. The quantitative estimate of drug-likeness (QED) is 0.413. The third-order valence-corrected chi connectivity index (χ3v) is 6.03.